The topological polar surface area (TPSA) is 99.2 Å². The van der Waals surface area contributed by atoms with Crippen LogP contribution in [0.15, 0.2) is 22.9 Å². The van der Waals surface area contributed by atoms with Gasteiger partial charge in [0.15, 0.2) is 11.5 Å². The maximum atomic E-state index is 13.0. The number of aromatic nitrogens is 5. The van der Waals surface area contributed by atoms with Crippen LogP contribution in [0.1, 0.15) is 51.9 Å². The van der Waals surface area contributed by atoms with E-state index in [-0.39, 0.29) is 11.8 Å². The van der Waals surface area contributed by atoms with E-state index in [1.807, 2.05) is 26.1 Å². The van der Waals surface area contributed by atoms with Crippen molar-refractivity contribution in [3.63, 3.8) is 0 Å². The maximum Gasteiger partial charge on any atom is 0.278 e. The molecular weight excluding hydrogens is 372 g/mol. The molecule has 0 aliphatic carbocycles. The summed E-state index contributed by atoms with van der Waals surface area (Å²) in [7, 11) is 1.87. The lowest BCUT2D eigenvalue weighted by Crippen LogP contribution is -2.27. The van der Waals surface area contributed by atoms with Gasteiger partial charge < -0.3 is 14.2 Å². The number of hydrogen-bond acceptors (Lipinski definition) is 7. The first-order valence-corrected chi connectivity index (χ1v) is 9.79. The lowest BCUT2D eigenvalue weighted by Gasteiger charge is -2.18. The van der Waals surface area contributed by atoms with Crippen LogP contribution >= 0.6 is 0 Å². The van der Waals surface area contributed by atoms with Gasteiger partial charge in [-0.15, -0.1) is 0 Å². The molecule has 29 heavy (non-hydrogen) atoms. The van der Waals surface area contributed by atoms with Crippen molar-refractivity contribution in [1.82, 2.24) is 29.8 Å². The Labute approximate surface area is 167 Å². The molecule has 0 saturated carbocycles. The molecule has 5 rings (SSSR count). The van der Waals surface area contributed by atoms with Gasteiger partial charge in [0.05, 0.1) is 18.8 Å². The van der Waals surface area contributed by atoms with E-state index in [1.165, 1.54) is 0 Å². The van der Waals surface area contributed by atoms with Gasteiger partial charge >= 0.3 is 0 Å². The van der Waals surface area contributed by atoms with Crippen LogP contribution < -0.4 is 0 Å². The normalized spacial score (nSPS) is 17.0. The molecule has 1 fully saturated rings. The third-order valence-electron chi connectivity index (χ3n) is 5.69. The molecule has 9 heteroatoms. The SMILES string of the molecule is Cc1cccnc1C(=O)N1Cc2c(-c3nc(C4CCOCC4)no3)nn(C)c2C1. The van der Waals surface area contributed by atoms with Crippen LogP contribution in [-0.4, -0.2) is 48.9 Å². The largest absolute Gasteiger partial charge is 0.381 e. The fourth-order valence-electron chi connectivity index (χ4n) is 4.02. The number of hydrogen-bond donors (Lipinski definition) is 0. The van der Waals surface area contributed by atoms with E-state index in [0.717, 1.165) is 42.9 Å². The van der Waals surface area contributed by atoms with Gasteiger partial charge in [-0.2, -0.15) is 10.1 Å². The molecule has 0 unspecified atom stereocenters. The highest BCUT2D eigenvalue weighted by Crippen LogP contribution is 2.33. The highest BCUT2D eigenvalue weighted by atomic mass is 16.5. The summed E-state index contributed by atoms with van der Waals surface area (Å²) in [5.41, 5.74) is 3.94. The third kappa shape index (κ3) is 3.11. The van der Waals surface area contributed by atoms with Crippen LogP contribution in [0.4, 0.5) is 0 Å². The zero-order valence-electron chi connectivity index (χ0n) is 16.5. The Morgan fingerprint density at radius 3 is 2.86 bits per heavy atom. The van der Waals surface area contributed by atoms with Crippen LogP contribution in [-0.2, 0) is 24.9 Å². The van der Waals surface area contributed by atoms with E-state index < -0.39 is 0 Å². The monoisotopic (exact) mass is 394 g/mol. The van der Waals surface area contributed by atoms with E-state index in [1.54, 1.807) is 15.8 Å². The van der Waals surface area contributed by atoms with E-state index >= 15 is 0 Å². The maximum absolute atomic E-state index is 13.0. The molecule has 1 saturated heterocycles. The van der Waals surface area contributed by atoms with Gasteiger partial charge in [-0.05, 0) is 31.4 Å². The number of rotatable bonds is 3. The van der Waals surface area contributed by atoms with Crippen molar-refractivity contribution in [2.24, 2.45) is 7.05 Å². The van der Waals surface area contributed by atoms with Crippen LogP contribution in [0, 0.1) is 6.92 Å². The summed E-state index contributed by atoms with van der Waals surface area (Å²) in [4.78, 5) is 23.6. The van der Waals surface area contributed by atoms with E-state index in [2.05, 4.69) is 20.2 Å². The van der Waals surface area contributed by atoms with Crippen molar-refractivity contribution < 1.29 is 14.1 Å². The molecule has 0 bridgehead atoms. The Kier molecular flexibility index (Phi) is 4.39. The van der Waals surface area contributed by atoms with Crippen LogP contribution in [0.5, 0.6) is 0 Å². The van der Waals surface area contributed by atoms with Crippen molar-refractivity contribution in [3.8, 4) is 11.6 Å². The smallest absolute Gasteiger partial charge is 0.278 e. The fraction of sp³-hybridized carbons (Fsp3) is 0.450. The minimum Gasteiger partial charge on any atom is -0.381 e. The number of aryl methyl sites for hydroxylation is 2. The van der Waals surface area contributed by atoms with Gasteiger partial charge in [-0.25, -0.2) is 0 Å². The van der Waals surface area contributed by atoms with Crippen molar-refractivity contribution in [2.75, 3.05) is 13.2 Å². The molecule has 3 aromatic rings. The first-order chi connectivity index (χ1) is 14.1. The molecule has 0 spiro atoms. The van der Waals surface area contributed by atoms with Gasteiger partial charge in [-0.1, -0.05) is 11.2 Å². The molecule has 2 aliphatic heterocycles. The summed E-state index contributed by atoms with van der Waals surface area (Å²) in [6, 6.07) is 3.73. The molecule has 9 nitrogen and oxygen atoms in total. The summed E-state index contributed by atoms with van der Waals surface area (Å²) in [6.45, 7) is 4.26. The van der Waals surface area contributed by atoms with Gasteiger partial charge in [0.25, 0.3) is 11.8 Å². The van der Waals surface area contributed by atoms with E-state index in [0.29, 0.717) is 36.2 Å². The van der Waals surface area contributed by atoms with Crippen LogP contribution in [0.25, 0.3) is 11.6 Å². The molecule has 0 atom stereocenters. The first-order valence-electron chi connectivity index (χ1n) is 9.79. The van der Waals surface area contributed by atoms with Crippen molar-refractivity contribution in [3.05, 3.63) is 46.7 Å². The molecule has 0 aromatic carbocycles. The van der Waals surface area contributed by atoms with Gasteiger partial charge in [0.1, 0.15) is 5.69 Å². The molecule has 0 radical (unpaired) electrons. The predicted octanol–water partition coefficient (Wildman–Crippen LogP) is 2.22. The molecule has 5 heterocycles. The van der Waals surface area contributed by atoms with Crippen molar-refractivity contribution in [2.45, 2.75) is 38.8 Å². The van der Waals surface area contributed by atoms with Crippen LogP contribution in [0.2, 0.25) is 0 Å². The second-order valence-electron chi connectivity index (χ2n) is 7.57. The number of amides is 1. The van der Waals surface area contributed by atoms with Crippen molar-refractivity contribution in [1.29, 1.82) is 0 Å². The van der Waals surface area contributed by atoms with E-state index in [9.17, 15) is 4.79 Å². The molecular formula is C20H22N6O3. The van der Waals surface area contributed by atoms with Gasteiger partial charge in [0, 0.05) is 37.9 Å². The Hall–Kier alpha value is -3.07. The summed E-state index contributed by atoms with van der Waals surface area (Å²) in [5.74, 6) is 1.28. The predicted molar refractivity (Wildman–Crippen MR) is 102 cm³/mol. The average molecular weight is 394 g/mol. The highest BCUT2D eigenvalue weighted by molar-refractivity contribution is 5.94. The number of carbonyl (C=O) groups is 1. The Bertz CT molecular complexity index is 1070. The number of carbonyl (C=O) groups excluding carboxylic acids is 1. The fourth-order valence-corrected chi connectivity index (χ4v) is 4.02. The lowest BCUT2D eigenvalue weighted by atomic mass is 10.00. The Balaban J connectivity index is 1.41. The second kappa shape index (κ2) is 7.07. The second-order valence-corrected chi connectivity index (χ2v) is 7.57. The molecule has 0 N–H and O–H groups in total. The zero-order chi connectivity index (χ0) is 20.0. The average Bonchev–Trinajstić information content (AvgIpc) is 3.45. The van der Waals surface area contributed by atoms with Crippen LogP contribution in [0.3, 0.4) is 0 Å². The number of ether oxygens (including phenoxy) is 1. The van der Waals surface area contributed by atoms with Crippen molar-refractivity contribution >= 4 is 5.91 Å². The minimum absolute atomic E-state index is 0.0846. The Morgan fingerprint density at radius 2 is 2.07 bits per heavy atom. The molecule has 150 valence electrons. The summed E-state index contributed by atoms with van der Waals surface area (Å²) in [6.07, 6.45) is 3.43. The number of fused-ring (bicyclic) bond motifs is 1. The lowest BCUT2D eigenvalue weighted by molar-refractivity contribution is 0.0741. The summed E-state index contributed by atoms with van der Waals surface area (Å²) >= 11 is 0. The Morgan fingerprint density at radius 1 is 1.24 bits per heavy atom. The van der Waals surface area contributed by atoms with Gasteiger partial charge in [-0.3, -0.25) is 14.5 Å². The third-order valence-corrected chi connectivity index (χ3v) is 5.69. The standard InChI is InChI=1S/C20H22N6O3/c1-12-4-3-7-21-16(12)20(27)26-10-14-15(11-26)25(2)23-17(14)19-22-18(24-29-19)13-5-8-28-9-6-13/h3-4,7,13H,5-6,8-11H2,1-2H3. The van der Waals surface area contributed by atoms with E-state index in [4.69, 9.17) is 9.26 Å². The molecule has 1 amide bonds. The minimum atomic E-state index is -0.0846. The number of nitrogens with zero attached hydrogens (tertiary/aromatic N) is 6. The number of pyridine rings is 1. The summed E-state index contributed by atoms with van der Waals surface area (Å²) in [5, 5.41) is 8.77. The molecule has 2 aliphatic rings. The molecule has 3 aromatic heterocycles. The zero-order valence-corrected chi connectivity index (χ0v) is 16.5. The van der Waals surface area contributed by atoms with Gasteiger partial charge in [0.2, 0.25) is 0 Å². The first kappa shape index (κ1) is 18.0. The summed E-state index contributed by atoms with van der Waals surface area (Å²) < 4.78 is 12.8. The quantitative estimate of drug-likeness (QED) is 0.671. The highest BCUT2D eigenvalue weighted by Gasteiger charge is 2.34.